The van der Waals surface area contributed by atoms with Gasteiger partial charge in [0.1, 0.15) is 0 Å². The first-order valence-electron chi connectivity index (χ1n) is 18.0. The Balaban J connectivity index is 0. The van der Waals surface area contributed by atoms with Crippen LogP contribution in [0.25, 0.3) is 0 Å². The van der Waals surface area contributed by atoms with Crippen molar-refractivity contribution in [3.05, 3.63) is 179 Å². The second-order valence-corrected chi connectivity index (χ2v) is 13.1. The number of carbonyl (C=O) groups excluding carboxylic acids is 3. The van der Waals surface area contributed by atoms with E-state index in [0.717, 1.165) is 55.1 Å². The predicted octanol–water partition coefficient (Wildman–Crippen LogP) is -2.95. The molecule has 4 aromatic heterocycles. The number of piperazine rings is 1. The number of carbonyl (C=O) groups is 3. The number of aromatic nitrogens is 4. The molecule has 2 amide bonds. The maximum atomic E-state index is 12.3. The molecule has 17 heteroatoms. The summed E-state index contributed by atoms with van der Waals surface area (Å²) in [5.74, 6) is -0.0177. The molecule has 7 rings (SSSR count). The molecule has 62 heavy (non-hydrogen) atoms. The fraction of sp³-hybridized carbons (Fsp3) is 0.222. The van der Waals surface area contributed by atoms with E-state index in [0.29, 0.717) is 34.9 Å². The zero-order valence-corrected chi connectivity index (χ0v) is 59.7. The zero-order valence-electron chi connectivity index (χ0n) is 36.1. The van der Waals surface area contributed by atoms with Gasteiger partial charge in [-0.25, -0.2) is 12.1 Å². The summed E-state index contributed by atoms with van der Waals surface area (Å²) in [4.78, 5) is 56.3. The topological polar surface area (TPSA) is 133 Å². The number of rotatable bonds is 9. The van der Waals surface area contributed by atoms with Gasteiger partial charge in [-0.05, 0) is 26.6 Å². The molecule has 0 atom stereocenters. The molecule has 304 valence electrons. The molecule has 5 heterocycles. The van der Waals surface area contributed by atoms with Crippen LogP contribution in [0.1, 0.15) is 59.3 Å². The predicted molar refractivity (Wildman–Crippen MR) is 214 cm³/mol. The summed E-state index contributed by atoms with van der Waals surface area (Å²) in [5.41, 5.74) is 6.90. The molecule has 0 radical (unpaired) electrons. The molecule has 0 aliphatic carbocycles. The first-order chi connectivity index (χ1) is 27.1. The number of nitrogens with zero attached hydrogens (tertiary/aromatic N) is 6. The third-order valence-electron chi connectivity index (χ3n) is 8.44. The van der Waals surface area contributed by atoms with E-state index in [-0.39, 0.29) is 255 Å². The third kappa shape index (κ3) is 24.4. The van der Waals surface area contributed by atoms with Gasteiger partial charge in [-0.3, -0.25) is 14.5 Å². The Labute approximate surface area is 555 Å². The van der Waals surface area contributed by atoms with Crippen LogP contribution in [0.3, 0.4) is 0 Å². The van der Waals surface area contributed by atoms with E-state index in [1.807, 2.05) is 51.1 Å². The van der Waals surface area contributed by atoms with Crippen molar-refractivity contribution in [2.45, 2.75) is 33.7 Å². The number of likely N-dealkylation sites (N-methyl/N-ethyl adjacent to an activating group) is 1. The first kappa shape index (κ1) is 65.1. The number of benzene rings is 2. The number of ketones is 1. The van der Waals surface area contributed by atoms with E-state index in [1.165, 1.54) is 24.0 Å². The smallest absolute Gasteiger partial charge is 0.385 e. The largest absolute Gasteiger partial charge is 1.00 e. The Morgan fingerprint density at radius 3 is 1.81 bits per heavy atom. The molecule has 2 N–H and O–H groups in total. The molecule has 1 saturated heterocycles. The molecular weight excluding hydrogens is 1510 g/mol. The van der Waals surface area contributed by atoms with Crippen LogP contribution in [0.4, 0.5) is 11.5 Å². The van der Waals surface area contributed by atoms with Crippen molar-refractivity contribution in [1.82, 2.24) is 29.7 Å². The van der Waals surface area contributed by atoms with Crippen LogP contribution in [0.5, 0.6) is 0 Å². The monoisotopic (exact) mass is 1550 g/mol. The average molecular weight is 1550 g/mol. The molecule has 1 aliphatic heterocycles. The summed E-state index contributed by atoms with van der Waals surface area (Å²) in [6.45, 7) is 11.1. The SMILES string of the molecule is Cc1[c-]cc(C(=O)Cc2c[c-]c(CN3CCN(C)CC3)cc2)cn1.Cc1[c-]cc(NC(=O)c2c[c-]ccn2)cc1.Cc1[c-]nc(NC(=O)c2c[c-]ccn2)cc1.[Rb+].[Rb+].[Rb+].[W].[W].[W]. The number of hydrogen-bond acceptors (Lipinski definition) is 9. The molecule has 0 bridgehead atoms. The van der Waals surface area contributed by atoms with Gasteiger partial charge >= 0.3 is 175 Å². The Morgan fingerprint density at radius 2 is 1.31 bits per heavy atom. The second kappa shape index (κ2) is 36.1. The van der Waals surface area contributed by atoms with Crippen LogP contribution in [0, 0.1) is 57.3 Å². The van der Waals surface area contributed by atoms with E-state index in [9.17, 15) is 14.4 Å². The van der Waals surface area contributed by atoms with Gasteiger partial charge in [0.25, 0.3) is 0 Å². The number of Topliss-reactive ketones (excluding diaryl/α,β-unsaturated/α-hetero) is 1. The summed E-state index contributed by atoms with van der Waals surface area (Å²) in [7, 11) is 2.16. The van der Waals surface area contributed by atoms with Crippen molar-refractivity contribution in [1.29, 1.82) is 0 Å². The van der Waals surface area contributed by atoms with E-state index < -0.39 is 0 Å². The van der Waals surface area contributed by atoms with Crippen molar-refractivity contribution in [2.24, 2.45) is 0 Å². The average Bonchev–Trinajstić information content (AvgIpc) is 3.22. The van der Waals surface area contributed by atoms with Gasteiger partial charge < -0.3 is 40.3 Å². The Bertz CT molecular complexity index is 2060. The summed E-state index contributed by atoms with van der Waals surface area (Å²) < 4.78 is 0. The molecule has 0 saturated carbocycles. The maximum Gasteiger partial charge on any atom is 1.00 e. The third-order valence-corrected chi connectivity index (χ3v) is 8.44. The summed E-state index contributed by atoms with van der Waals surface area (Å²) in [5, 5.41) is 5.35. The Hall–Kier alpha value is 1.05. The van der Waals surface area contributed by atoms with Crippen molar-refractivity contribution >= 4 is 29.1 Å². The fourth-order valence-electron chi connectivity index (χ4n) is 5.16. The minimum atomic E-state index is -0.304. The van der Waals surface area contributed by atoms with Crippen LogP contribution >= 0.6 is 0 Å². The van der Waals surface area contributed by atoms with Gasteiger partial charge in [-0.1, -0.05) is 43.8 Å². The van der Waals surface area contributed by atoms with E-state index >= 15 is 0 Å². The van der Waals surface area contributed by atoms with Crippen LogP contribution in [-0.4, -0.2) is 80.6 Å². The number of hydrogen-bond donors (Lipinski definition) is 2. The number of pyridine rings is 4. The molecule has 1 fully saturated rings. The summed E-state index contributed by atoms with van der Waals surface area (Å²) in [6.07, 6.45) is 7.82. The Kier molecular flexibility index (Phi) is 37.9. The van der Waals surface area contributed by atoms with E-state index in [2.05, 4.69) is 90.0 Å². The fourth-order valence-corrected chi connectivity index (χ4v) is 5.16. The summed E-state index contributed by atoms with van der Waals surface area (Å²) in [6, 6.07) is 38.0. The number of amides is 2. The van der Waals surface area contributed by atoms with Gasteiger partial charge in [0.15, 0.2) is 0 Å². The van der Waals surface area contributed by atoms with Crippen molar-refractivity contribution in [3.8, 4) is 0 Å². The van der Waals surface area contributed by atoms with Crippen LogP contribution in [0.15, 0.2) is 97.5 Å². The second-order valence-electron chi connectivity index (χ2n) is 13.1. The molecule has 0 spiro atoms. The van der Waals surface area contributed by atoms with Crippen molar-refractivity contribution in [3.63, 3.8) is 0 Å². The van der Waals surface area contributed by atoms with Crippen LogP contribution < -0.4 is 185 Å². The summed E-state index contributed by atoms with van der Waals surface area (Å²) >= 11 is 0. The number of aryl methyl sites for hydroxylation is 3. The Morgan fingerprint density at radius 1 is 0.677 bits per heavy atom. The molecule has 0 unspecified atom stereocenters. The van der Waals surface area contributed by atoms with E-state index in [1.54, 1.807) is 42.6 Å². The minimum absolute atomic E-state index is 0. The number of nitrogens with one attached hydrogen (secondary N) is 2. The van der Waals surface area contributed by atoms with Gasteiger partial charge in [0.05, 0.1) is 5.78 Å². The molecule has 6 aromatic rings. The normalized spacial score (nSPS) is 11.4. The molecule has 1 aliphatic rings. The molecule has 11 nitrogen and oxygen atoms in total. The number of anilines is 2. The van der Waals surface area contributed by atoms with Gasteiger partial charge in [0, 0.05) is 113 Å². The van der Waals surface area contributed by atoms with Crippen molar-refractivity contribution in [2.75, 3.05) is 43.9 Å². The quantitative estimate of drug-likeness (QED) is 0.115. The standard InChI is InChI=1S/C20H23N3O.C13H10N2O.C12H9N3O.3Rb.3W/c1-16-3-8-19(14-21-16)20(24)13-17-4-6-18(7-5-17)15-23-11-9-22(2)10-12-23;1-10-5-7-11(8-6-10)15-13(16)12-4-2-3-9-14-12;1-9-5-6-11(14-8-9)15-12(16)10-4-2-3-7-13-10;;;;;;/h4-6,8,14H,9-13,15H2,1-2H3;3-5,7-9H,1H3,(H,15,16);3-7H,1H3,(H,14,15,16);;;;;;/q3*-2;3*+1;;;. The van der Waals surface area contributed by atoms with E-state index in [4.69, 9.17) is 0 Å². The molecule has 2 aromatic carbocycles. The molecular formula is C45H42N8O3Rb3W3-3. The van der Waals surface area contributed by atoms with Crippen LogP contribution in [0.2, 0.25) is 0 Å². The maximum absolute atomic E-state index is 12.3. The van der Waals surface area contributed by atoms with Gasteiger partial charge in [-0.2, -0.15) is 83.9 Å². The van der Waals surface area contributed by atoms with Gasteiger partial charge in [-0.15, -0.1) is 41.0 Å². The van der Waals surface area contributed by atoms with Crippen LogP contribution in [-0.2, 0) is 76.2 Å². The first-order valence-corrected chi connectivity index (χ1v) is 18.0. The zero-order chi connectivity index (χ0) is 39.7. The van der Waals surface area contributed by atoms with Gasteiger partial charge in [0.2, 0.25) is 11.8 Å². The van der Waals surface area contributed by atoms with Crippen molar-refractivity contribution < 1.29 is 252 Å². The minimum Gasteiger partial charge on any atom is -0.385 e.